The van der Waals surface area contributed by atoms with Crippen molar-refractivity contribution in [1.29, 1.82) is 0 Å². The second-order valence-electron chi connectivity index (χ2n) is 5.27. The van der Waals surface area contributed by atoms with Gasteiger partial charge in [-0.2, -0.15) is 0 Å². The number of allylic oxidation sites excluding steroid dienone is 1. The molecular formula is C19H14I2O3. The summed E-state index contributed by atoms with van der Waals surface area (Å²) in [6.45, 7) is 2.03. The van der Waals surface area contributed by atoms with Gasteiger partial charge in [-0.25, -0.2) is 0 Å². The van der Waals surface area contributed by atoms with E-state index in [1.54, 1.807) is 12.1 Å². The van der Waals surface area contributed by atoms with Gasteiger partial charge < -0.3 is 9.52 Å². The van der Waals surface area contributed by atoms with Crippen LogP contribution in [0.2, 0.25) is 0 Å². The van der Waals surface area contributed by atoms with E-state index in [1.807, 2.05) is 88.5 Å². The van der Waals surface area contributed by atoms with Gasteiger partial charge in [0.2, 0.25) is 0 Å². The Balaban J connectivity index is 2.20. The van der Waals surface area contributed by atoms with E-state index in [0.717, 1.165) is 11.8 Å². The highest BCUT2D eigenvalue weighted by Crippen LogP contribution is 2.32. The van der Waals surface area contributed by atoms with Crippen molar-refractivity contribution < 1.29 is 14.3 Å². The van der Waals surface area contributed by atoms with Crippen LogP contribution < -0.4 is 0 Å². The van der Waals surface area contributed by atoms with Crippen LogP contribution in [-0.4, -0.2) is 10.9 Å². The lowest BCUT2D eigenvalue weighted by atomic mass is 10.00. The fraction of sp³-hybridized carbons (Fsp3) is 0.105. The monoisotopic (exact) mass is 544 g/mol. The summed E-state index contributed by atoms with van der Waals surface area (Å²) in [5, 5.41) is 10.7. The van der Waals surface area contributed by atoms with Crippen LogP contribution in [0.5, 0.6) is 5.75 Å². The third kappa shape index (κ3) is 3.23. The van der Waals surface area contributed by atoms with Gasteiger partial charge in [0.05, 0.1) is 12.7 Å². The Bertz CT molecular complexity index is 931. The Morgan fingerprint density at radius 3 is 2.54 bits per heavy atom. The zero-order valence-corrected chi connectivity index (χ0v) is 17.2. The maximum absolute atomic E-state index is 13.1. The molecule has 0 radical (unpaired) electrons. The number of para-hydroxylation sites is 1. The first-order valence-electron chi connectivity index (χ1n) is 7.43. The number of ketones is 1. The third-order valence-corrected chi connectivity index (χ3v) is 5.28. The maximum Gasteiger partial charge on any atom is 0.197 e. The Labute approximate surface area is 167 Å². The first-order chi connectivity index (χ1) is 11.5. The molecule has 0 unspecified atom stereocenters. The first-order valence-corrected chi connectivity index (χ1v) is 9.59. The molecule has 0 atom stereocenters. The fourth-order valence-electron chi connectivity index (χ4n) is 2.48. The lowest BCUT2D eigenvalue weighted by Gasteiger charge is -2.05. The number of aromatic hydroxyl groups is 1. The topological polar surface area (TPSA) is 50.4 Å². The molecule has 0 bridgehead atoms. The van der Waals surface area contributed by atoms with Gasteiger partial charge in [-0.3, -0.25) is 4.79 Å². The van der Waals surface area contributed by atoms with Crippen molar-refractivity contribution in [3.8, 4) is 5.75 Å². The van der Waals surface area contributed by atoms with Crippen molar-refractivity contribution in [3.63, 3.8) is 0 Å². The number of fused-ring (bicyclic) bond motifs is 1. The molecule has 2 aromatic carbocycles. The van der Waals surface area contributed by atoms with Crippen LogP contribution in [0.15, 0.2) is 46.9 Å². The van der Waals surface area contributed by atoms with Crippen molar-refractivity contribution in [1.82, 2.24) is 0 Å². The van der Waals surface area contributed by atoms with Crippen LogP contribution in [0.1, 0.15) is 35.0 Å². The molecule has 5 heteroatoms. The van der Waals surface area contributed by atoms with Crippen LogP contribution in [0.25, 0.3) is 17.0 Å². The van der Waals surface area contributed by atoms with Gasteiger partial charge in [0.1, 0.15) is 17.1 Å². The number of hydrogen-bond donors (Lipinski definition) is 1. The van der Waals surface area contributed by atoms with E-state index in [1.165, 1.54) is 0 Å². The normalized spacial score (nSPS) is 11.5. The van der Waals surface area contributed by atoms with E-state index >= 15 is 0 Å². The summed E-state index contributed by atoms with van der Waals surface area (Å²) in [5.74, 6) is 0.670. The highest BCUT2D eigenvalue weighted by Gasteiger charge is 2.22. The van der Waals surface area contributed by atoms with Crippen LogP contribution in [0, 0.1) is 7.14 Å². The average Bonchev–Trinajstić information content (AvgIpc) is 2.95. The van der Waals surface area contributed by atoms with Crippen molar-refractivity contribution in [2.75, 3.05) is 0 Å². The summed E-state index contributed by atoms with van der Waals surface area (Å²) in [6.07, 6.45) is 4.68. The number of rotatable bonds is 4. The molecule has 0 aliphatic rings. The molecule has 1 heterocycles. The summed E-state index contributed by atoms with van der Waals surface area (Å²) >= 11 is 4.06. The zero-order valence-electron chi connectivity index (χ0n) is 12.8. The van der Waals surface area contributed by atoms with Gasteiger partial charge in [-0.1, -0.05) is 31.2 Å². The lowest BCUT2D eigenvalue weighted by Crippen LogP contribution is -2.03. The quantitative estimate of drug-likeness (QED) is 0.324. The number of carbonyl (C=O) groups is 1. The van der Waals surface area contributed by atoms with Gasteiger partial charge in [-0.15, -0.1) is 0 Å². The van der Waals surface area contributed by atoms with E-state index in [4.69, 9.17) is 4.42 Å². The molecule has 0 spiro atoms. The standard InChI is InChI=1S/C19H14I2O3/c1-2-3-7-16-17(12-6-4-5-8-15(12)24-16)18(22)11-9-13(20)19(23)14(21)10-11/h3-10,23H,2H2,1H3/b7-3+. The molecule has 1 aromatic heterocycles. The van der Waals surface area contributed by atoms with Gasteiger partial charge in [-0.05, 0) is 75.9 Å². The molecule has 0 amide bonds. The summed E-state index contributed by atoms with van der Waals surface area (Å²) in [6, 6.07) is 10.9. The summed E-state index contributed by atoms with van der Waals surface area (Å²) in [5.41, 5.74) is 1.80. The van der Waals surface area contributed by atoms with Crippen molar-refractivity contribution in [2.45, 2.75) is 13.3 Å². The van der Waals surface area contributed by atoms with Crippen LogP contribution >= 0.6 is 45.2 Å². The largest absolute Gasteiger partial charge is 0.506 e. The molecule has 0 aliphatic heterocycles. The number of carbonyl (C=O) groups excluding carboxylic acids is 1. The molecule has 3 nitrogen and oxygen atoms in total. The van der Waals surface area contributed by atoms with Gasteiger partial charge in [0.15, 0.2) is 5.78 Å². The second kappa shape index (κ2) is 7.26. The molecule has 3 rings (SSSR count). The van der Waals surface area contributed by atoms with Gasteiger partial charge >= 0.3 is 0 Å². The minimum absolute atomic E-state index is 0.105. The Hall–Kier alpha value is -1.35. The third-order valence-electron chi connectivity index (χ3n) is 3.63. The van der Waals surface area contributed by atoms with E-state index in [0.29, 0.717) is 29.6 Å². The molecule has 0 saturated heterocycles. The highest BCUT2D eigenvalue weighted by atomic mass is 127. The summed E-state index contributed by atoms with van der Waals surface area (Å²) in [4.78, 5) is 13.1. The van der Waals surface area contributed by atoms with E-state index in [2.05, 4.69) is 0 Å². The fourth-order valence-corrected chi connectivity index (χ4v) is 4.25. The van der Waals surface area contributed by atoms with E-state index in [-0.39, 0.29) is 11.5 Å². The second-order valence-corrected chi connectivity index (χ2v) is 7.59. The zero-order chi connectivity index (χ0) is 17.3. The molecule has 0 aliphatic carbocycles. The van der Waals surface area contributed by atoms with Crippen LogP contribution in [-0.2, 0) is 0 Å². The smallest absolute Gasteiger partial charge is 0.197 e. The lowest BCUT2D eigenvalue weighted by molar-refractivity contribution is 0.103. The first kappa shape index (κ1) is 17.5. The minimum Gasteiger partial charge on any atom is -0.506 e. The van der Waals surface area contributed by atoms with Gasteiger partial charge in [0, 0.05) is 10.9 Å². The molecule has 3 aromatic rings. The Kier molecular flexibility index (Phi) is 5.29. The highest BCUT2D eigenvalue weighted by molar-refractivity contribution is 14.1. The predicted octanol–water partition coefficient (Wildman–Crippen LogP) is 6.00. The van der Waals surface area contributed by atoms with Crippen molar-refractivity contribution in [3.05, 3.63) is 66.5 Å². The van der Waals surface area contributed by atoms with Crippen molar-refractivity contribution >= 4 is 68.0 Å². The molecule has 0 fully saturated rings. The molecule has 0 saturated carbocycles. The molecular weight excluding hydrogens is 530 g/mol. The molecule has 24 heavy (non-hydrogen) atoms. The predicted molar refractivity (Wildman–Crippen MR) is 113 cm³/mol. The Morgan fingerprint density at radius 2 is 1.88 bits per heavy atom. The number of furan rings is 1. The molecule has 122 valence electrons. The SMILES string of the molecule is CC/C=C/c1oc2ccccc2c1C(=O)c1cc(I)c(O)c(I)c1. The van der Waals surface area contributed by atoms with Crippen LogP contribution in [0.4, 0.5) is 0 Å². The summed E-state index contributed by atoms with van der Waals surface area (Å²) in [7, 11) is 0. The average molecular weight is 544 g/mol. The number of phenols is 1. The maximum atomic E-state index is 13.1. The summed E-state index contributed by atoms with van der Waals surface area (Å²) < 4.78 is 7.18. The minimum atomic E-state index is -0.105. The van der Waals surface area contributed by atoms with Crippen molar-refractivity contribution in [2.24, 2.45) is 0 Å². The number of phenolic OH excluding ortho intramolecular Hbond substituents is 1. The number of halogens is 2. The van der Waals surface area contributed by atoms with E-state index in [9.17, 15) is 9.90 Å². The van der Waals surface area contributed by atoms with Gasteiger partial charge in [0.25, 0.3) is 0 Å². The Morgan fingerprint density at radius 1 is 1.21 bits per heavy atom. The number of benzene rings is 2. The van der Waals surface area contributed by atoms with Crippen LogP contribution in [0.3, 0.4) is 0 Å². The van der Waals surface area contributed by atoms with E-state index < -0.39 is 0 Å². The molecule has 1 N–H and O–H groups in total. The number of hydrogen-bond acceptors (Lipinski definition) is 3.